The molecule has 9 heteroatoms. The quantitative estimate of drug-likeness (QED) is 0.692. The number of benzene rings is 1. The number of nitrogens with zero attached hydrogens (tertiary/aromatic N) is 6. The van der Waals surface area contributed by atoms with Crippen molar-refractivity contribution in [3.63, 3.8) is 0 Å². The van der Waals surface area contributed by atoms with Crippen molar-refractivity contribution in [1.82, 2.24) is 24.6 Å². The summed E-state index contributed by atoms with van der Waals surface area (Å²) in [5.74, 6) is 1.84. The van der Waals surface area contributed by atoms with Gasteiger partial charge in [-0.3, -0.25) is 4.79 Å². The summed E-state index contributed by atoms with van der Waals surface area (Å²) in [7, 11) is 3.89. The summed E-state index contributed by atoms with van der Waals surface area (Å²) in [6, 6.07) is 5.38. The van der Waals surface area contributed by atoms with Gasteiger partial charge in [0.15, 0.2) is 16.7 Å². The summed E-state index contributed by atoms with van der Waals surface area (Å²) in [4.78, 5) is 21.1. The first-order valence-corrected chi connectivity index (χ1v) is 9.46. The van der Waals surface area contributed by atoms with E-state index in [4.69, 9.17) is 0 Å². The molecule has 1 aromatic carbocycles. The zero-order valence-electron chi connectivity index (χ0n) is 15.3. The van der Waals surface area contributed by atoms with Crippen LogP contribution in [0.25, 0.3) is 10.8 Å². The van der Waals surface area contributed by atoms with Crippen LogP contribution in [0, 0.1) is 5.82 Å². The number of hydrogen-bond donors (Lipinski definition) is 0. The zero-order valence-corrected chi connectivity index (χ0v) is 16.1. The van der Waals surface area contributed by atoms with E-state index in [1.54, 1.807) is 4.90 Å². The van der Waals surface area contributed by atoms with Gasteiger partial charge in [0.1, 0.15) is 11.6 Å². The van der Waals surface area contributed by atoms with Gasteiger partial charge in [-0.2, -0.15) is 0 Å². The number of carbonyl (C=O) groups excluding carboxylic acids is 1. The number of fused-ring (bicyclic) bond motifs is 1. The fraction of sp³-hybridized carbons (Fsp3) is 0.333. The summed E-state index contributed by atoms with van der Waals surface area (Å²) in [5, 5.41) is 11.4. The molecule has 0 aliphatic carbocycles. The van der Waals surface area contributed by atoms with E-state index in [2.05, 4.69) is 15.2 Å². The molecule has 4 rings (SSSR count). The minimum Gasteiger partial charge on any atom is -0.362 e. The second-order valence-electron chi connectivity index (χ2n) is 6.62. The highest BCUT2D eigenvalue weighted by molar-refractivity contribution is 7.13. The van der Waals surface area contributed by atoms with E-state index in [0.717, 1.165) is 22.5 Å². The molecule has 0 bridgehead atoms. The van der Waals surface area contributed by atoms with Crippen LogP contribution in [0.3, 0.4) is 0 Å². The van der Waals surface area contributed by atoms with Crippen LogP contribution in [-0.4, -0.2) is 51.2 Å². The molecule has 3 aromatic rings. The predicted molar refractivity (Wildman–Crippen MR) is 101 cm³/mol. The van der Waals surface area contributed by atoms with Crippen molar-refractivity contribution in [2.75, 3.05) is 25.5 Å². The number of hydrogen-bond acceptors (Lipinski definition) is 6. The lowest BCUT2D eigenvalue weighted by atomic mass is 10.1. The molecular weight excluding hydrogens is 367 g/mol. The molecule has 1 aliphatic heterocycles. The highest BCUT2D eigenvalue weighted by atomic mass is 32.1. The topological polar surface area (TPSA) is 67.2 Å². The maximum atomic E-state index is 13.1. The van der Waals surface area contributed by atoms with Gasteiger partial charge < -0.3 is 14.4 Å². The van der Waals surface area contributed by atoms with E-state index in [1.807, 2.05) is 35.9 Å². The van der Waals surface area contributed by atoms with E-state index in [1.165, 1.54) is 35.6 Å². The van der Waals surface area contributed by atoms with Crippen LogP contribution in [-0.2, 0) is 6.54 Å². The van der Waals surface area contributed by atoms with Crippen LogP contribution in [0.5, 0.6) is 0 Å². The summed E-state index contributed by atoms with van der Waals surface area (Å²) in [6.07, 6.45) is 0. The van der Waals surface area contributed by atoms with Crippen molar-refractivity contribution in [1.29, 1.82) is 0 Å². The summed E-state index contributed by atoms with van der Waals surface area (Å²) >= 11 is 1.52. The molecule has 1 aliphatic rings. The lowest BCUT2D eigenvalue weighted by Crippen LogP contribution is -2.41. The van der Waals surface area contributed by atoms with Crippen LogP contribution in [0.15, 0.2) is 29.6 Å². The van der Waals surface area contributed by atoms with Crippen molar-refractivity contribution in [3.05, 3.63) is 46.9 Å². The molecule has 0 saturated carbocycles. The Morgan fingerprint density at radius 3 is 2.63 bits per heavy atom. The largest absolute Gasteiger partial charge is 0.362 e. The molecule has 140 valence electrons. The molecule has 27 heavy (non-hydrogen) atoms. The molecule has 1 atom stereocenters. The smallest absolute Gasteiger partial charge is 0.254 e. The first kappa shape index (κ1) is 17.6. The Bertz CT molecular complexity index is 980. The number of halogens is 1. The number of amides is 1. The summed E-state index contributed by atoms with van der Waals surface area (Å²) in [5.41, 5.74) is 0.465. The lowest BCUT2D eigenvalue weighted by molar-refractivity contribution is 0.0638. The van der Waals surface area contributed by atoms with Crippen molar-refractivity contribution in [3.8, 4) is 10.8 Å². The van der Waals surface area contributed by atoms with Crippen molar-refractivity contribution >= 4 is 23.1 Å². The third kappa shape index (κ3) is 3.08. The minimum absolute atomic E-state index is 0.137. The maximum Gasteiger partial charge on any atom is 0.254 e. The Morgan fingerprint density at radius 1 is 1.22 bits per heavy atom. The molecule has 0 N–H and O–H groups in total. The van der Waals surface area contributed by atoms with E-state index < -0.39 is 0 Å². The molecule has 0 spiro atoms. The second-order valence-corrected chi connectivity index (χ2v) is 7.48. The highest BCUT2D eigenvalue weighted by Crippen LogP contribution is 2.31. The Morgan fingerprint density at radius 2 is 1.96 bits per heavy atom. The first-order chi connectivity index (χ1) is 13.0. The number of aromatic nitrogens is 4. The lowest BCUT2D eigenvalue weighted by Gasteiger charge is -2.33. The molecule has 0 radical (unpaired) electrons. The number of thiazole rings is 1. The van der Waals surface area contributed by atoms with Gasteiger partial charge in [0, 0.05) is 38.1 Å². The third-order valence-electron chi connectivity index (χ3n) is 4.68. The molecule has 2 aromatic heterocycles. The standard InChI is InChI=1S/C18H19FN6OS/c1-11-15-21-22-16(17-20-14(10-27-17)23(2)3)25(15)9-8-24(11)18(26)12-4-6-13(19)7-5-12/h4-7,10-11H,8-9H2,1-3H3/t11-/m1/s1. The molecule has 7 nitrogen and oxygen atoms in total. The molecule has 0 fully saturated rings. The van der Waals surface area contributed by atoms with E-state index in [0.29, 0.717) is 18.7 Å². The highest BCUT2D eigenvalue weighted by Gasteiger charge is 2.32. The van der Waals surface area contributed by atoms with Crippen molar-refractivity contribution < 1.29 is 9.18 Å². The number of rotatable bonds is 3. The van der Waals surface area contributed by atoms with E-state index >= 15 is 0 Å². The average molecular weight is 386 g/mol. The van der Waals surface area contributed by atoms with Crippen LogP contribution in [0.2, 0.25) is 0 Å². The van der Waals surface area contributed by atoms with Gasteiger partial charge in [0.05, 0.1) is 6.04 Å². The fourth-order valence-electron chi connectivity index (χ4n) is 3.15. The molecule has 0 saturated heterocycles. The van der Waals surface area contributed by atoms with Crippen LogP contribution >= 0.6 is 11.3 Å². The Hall–Kier alpha value is -2.81. The Labute approximate surface area is 160 Å². The van der Waals surface area contributed by atoms with Crippen molar-refractivity contribution in [2.24, 2.45) is 0 Å². The second kappa shape index (κ2) is 6.73. The summed E-state index contributed by atoms with van der Waals surface area (Å²) in [6.45, 7) is 3.05. The Balaban J connectivity index is 1.61. The Kier molecular flexibility index (Phi) is 4.39. The molecule has 3 heterocycles. The zero-order chi connectivity index (χ0) is 19.1. The summed E-state index contributed by atoms with van der Waals surface area (Å²) < 4.78 is 15.2. The van der Waals surface area contributed by atoms with E-state index in [9.17, 15) is 9.18 Å². The first-order valence-electron chi connectivity index (χ1n) is 8.58. The fourth-order valence-corrected chi connectivity index (χ4v) is 4.04. The minimum atomic E-state index is -0.358. The van der Waals surface area contributed by atoms with Gasteiger partial charge in [-0.1, -0.05) is 0 Å². The number of carbonyl (C=O) groups is 1. The SMILES string of the molecule is C[C@@H]1c2nnc(-c3nc(N(C)C)cs3)n2CCN1C(=O)c1ccc(F)cc1. The molecule has 1 amide bonds. The van der Waals surface area contributed by atoms with Gasteiger partial charge in [-0.25, -0.2) is 9.37 Å². The van der Waals surface area contributed by atoms with Crippen LogP contribution in [0.4, 0.5) is 10.2 Å². The van der Waals surface area contributed by atoms with E-state index in [-0.39, 0.29) is 17.8 Å². The van der Waals surface area contributed by atoms with Gasteiger partial charge in [0.25, 0.3) is 5.91 Å². The van der Waals surface area contributed by atoms with Crippen LogP contribution < -0.4 is 4.90 Å². The van der Waals surface area contributed by atoms with Gasteiger partial charge in [0.2, 0.25) is 0 Å². The predicted octanol–water partition coefficient (Wildman–Crippen LogP) is 2.82. The monoisotopic (exact) mass is 386 g/mol. The molecule has 0 unspecified atom stereocenters. The van der Waals surface area contributed by atoms with Crippen LogP contribution in [0.1, 0.15) is 29.1 Å². The molecular formula is C18H19FN6OS. The maximum absolute atomic E-state index is 13.1. The van der Waals surface area contributed by atoms with Gasteiger partial charge in [-0.15, -0.1) is 21.5 Å². The van der Waals surface area contributed by atoms with Crippen molar-refractivity contribution in [2.45, 2.75) is 19.5 Å². The third-order valence-corrected chi connectivity index (χ3v) is 5.50. The van der Waals surface area contributed by atoms with Gasteiger partial charge in [-0.05, 0) is 31.2 Å². The van der Waals surface area contributed by atoms with Gasteiger partial charge >= 0.3 is 0 Å². The number of anilines is 1. The average Bonchev–Trinajstić information content (AvgIpc) is 3.29. The normalized spacial score (nSPS) is 16.3.